The fourth-order valence-electron chi connectivity index (χ4n) is 4.20. The molecule has 0 heterocycles. The molecule has 0 N–H and O–H groups in total. The average Bonchev–Trinajstić information content (AvgIpc) is 2.77. The number of benzene rings is 1. The van der Waals surface area contributed by atoms with Crippen LogP contribution in [0.4, 0.5) is 0 Å². The summed E-state index contributed by atoms with van der Waals surface area (Å²) in [5.74, 6) is 0.781. The second-order valence-corrected chi connectivity index (χ2v) is 8.60. The second-order valence-electron chi connectivity index (χ2n) is 8.60. The summed E-state index contributed by atoms with van der Waals surface area (Å²) < 4.78 is 16.7. The van der Waals surface area contributed by atoms with Crippen molar-refractivity contribution in [2.45, 2.75) is 58.7 Å². The molecule has 0 spiro atoms. The van der Waals surface area contributed by atoms with Crippen molar-refractivity contribution in [1.82, 2.24) is 0 Å². The first-order valence-corrected chi connectivity index (χ1v) is 11.1. The second kappa shape index (κ2) is 12.5. The molecule has 5 nitrogen and oxygen atoms in total. The van der Waals surface area contributed by atoms with E-state index in [4.69, 9.17) is 14.2 Å². The van der Waals surface area contributed by atoms with Gasteiger partial charge in [0.25, 0.3) is 0 Å². The number of ether oxygens (including phenoxy) is 3. The molecule has 0 saturated heterocycles. The summed E-state index contributed by atoms with van der Waals surface area (Å²) in [6.45, 7) is 6.46. The number of esters is 1. The van der Waals surface area contributed by atoms with Crippen LogP contribution in [0.1, 0.15) is 52.0 Å². The zero-order chi connectivity index (χ0) is 22.8. The standard InChI is InChI=1S/C26H36O5/c1-18(2)7-6-8-19(3)25-21(17-27)12-15-23(26(25)30-5)31-24(28)16-11-20-9-13-22(29-4)14-10-20/h8-11,13-14,16-18,21,23,25-26H,6-7,12,15H2,1-5H3/t21-,23-,25-,26-/m1/s1. The molecule has 4 atom stereocenters. The predicted molar refractivity (Wildman–Crippen MR) is 123 cm³/mol. The molecular weight excluding hydrogens is 392 g/mol. The predicted octanol–water partition coefficient (Wildman–Crippen LogP) is 5.24. The van der Waals surface area contributed by atoms with Crippen LogP contribution in [0.5, 0.6) is 5.75 Å². The van der Waals surface area contributed by atoms with Gasteiger partial charge in [0, 0.05) is 25.0 Å². The zero-order valence-electron chi connectivity index (χ0n) is 19.4. The fourth-order valence-corrected chi connectivity index (χ4v) is 4.20. The Morgan fingerprint density at radius 1 is 1.16 bits per heavy atom. The largest absolute Gasteiger partial charge is 0.497 e. The Labute approximate surface area is 186 Å². The van der Waals surface area contributed by atoms with Gasteiger partial charge in [-0.05, 0) is 62.3 Å². The van der Waals surface area contributed by atoms with Crippen molar-refractivity contribution in [3.8, 4) is 5.75 Å². The van der Waals surface area contributed by atoms with E-state index < -0.39 is 5.97 Å². The van der Waals surface area contributed by atoms with Crippen molar-refractivity contribution < 1.29 is 23.8 Å². The fraction of sp³-hybridized carbons (Fsp3) is 0.538. The number of hydrogen-bond donors (Lipinski definition) is 0. The van der Waals surface area contributed by atoms with Crippen LogP contribution in [-0.4, -0.2) is 38.7 Å². The highest BCUT2D eigenvalue weighted by Gasteiger charge is 2.42. The molecule has 1 fully saturated rings. The highest BCUT2D eigenvalue weighted by molar-refractivity contribution is 5.87. The van der Waals surface area contributed by atoms with Crippen LogP contribution in [0.3, 0.4) is 0 Å². The minimum absolute atomic E-state index is 0.0771. The van der Waals surface area contributed by atoms with Crippen LogP contribution in [0, 0.1) is 17.8 Å². The van der Waals surface area contributed by atoms with E-state index >= 15 is 0 Å². The Kier molecular flexibility index (Phi) is 9.99. The molecule has 1 saturated carbocycles. The number of methoxy groups -OCH3 is 2. The lowest BCUT2D eigenvalue weighted by atomic mass is 9.72. The molecule has 1 aromatic carbocycles. The summed E-state index contributed by atoms with van der Waals surface area (Å²) in [5.41, 5.74) is 2.02. The summed E-state index contributed by atoms with van der Waals surface area (Å²) in [6.07, 6.45) is 9.03. The van der Waals surface area contributed by atoms with Crippen molar-refractivity contribution in [3.63, 3.8) is 0 Å². The third-order valence-electron chi connectivity index (χ3n) is 5.94. The quantitative estimate of drug-likeness (QED) is 0.221. The van der Waals surface area contributed by atoms with Gasteiger partial charge in [-0.15, -0.1) is 0 Å². The Morgan fingerprint density at radius 2 is 1.87 bits per heavy atom. The van der Waals surface area contributed by atoms with Crippen LogP contribution in [-0.2, 0) is 19.1 Å². The van der Waals surface area contributed by atoms with Crippen LogP contribution in [0.25, 0.3) is 6.08 Å². The summed E-state index contributed by atoms with van der Waals surface area (Å²) in [5, 5.41) is 0. The number of hydrogen-bond acceptors (Lipinski definition) is 5. The average molecular weight is 429 g/mol. The Bertz CT molecular complexity index is 763. The van der Waals surface area contributed by atoms with E-state index in [1.54, 1.807) is 20.3 Å². The number of rotatable bonds is 10. The topological polar surface area (TPSA) is 61.8 Å². The van der Waals surface area contributed by atoms with Crippen molar-refractivity contribution in [2.24, 2.45) is 17.8 Å². The van der Waals surface area contributed by atoms with Gasteiger partial charge in [0.05, 0.1) is 7.11 Å². The first-order valence-electron chi connectivity index (χ1n) is 11.1. The van der Waals surface area contributed by atoms with Crippen molar-refractivity contribution in [2.75, 3.05) is 14.2 Å². The molecule has 0 bridgehead atoms. The highest BCUT2D eigenvalue weighted by Crippen LogP contribution is 2.37. The lowest BCUT2D eigenvalue weighted by Gasteiger charge is -2.40. The lowest BCUT2D eigenvalue weighted by molar-refractivity contribution is -0.159. The van der Waals surface area contributed by atoms with E-state index in [0.717, 1.165) is 36.0 Å². The maximum atomic E-state index is 12.5. The van der Waals surface area contributed by atoms with Crippen LogP contribution < -0.4 is 4.74 Å². The van der Waals surface area contributed by atoms with Crippen molar-refractivity contribution in [3.05, 3.63) is 47.6 Å². The monoisotopic (exact) mass is 428 g/mol. The maximum Gasteiger partial charge on any atom is 0.331 e. The first kappa shape index (κ1) is 24.9. The van der Waals surface area contributed by atoms with Gasteiger partial charge in [-0.1, -0.05) is 37.6 Å². The summed E-state index contributed by atoms with van der Waals surface area (Å²) in [6, 6.07) is 7.42. The number of carbonyl (C=O) groups excluding carboxylic acids is 2. The van der Waals surface area contributed by atoms with E-state index in [1.165, 1.54) is 6.08 Å². The molecule has 0 amide bonds. The van der Waals surface area contributed by atoms with Gasteiger partial charge < -0.3 is 19.0 Å². The van der Waals surface area contributed by atoms with Gasteiger partial charge in [-0.3, -0.25) is 0 Å². The third kappa shape index (κ3) is 7.35. The van der Waals surface area contributed by atoms with Crippen LogP contribution in [0.15, 0.2) is 42.0 Å². The van der Waals surface area contributed by atoms with Gasteiger partial charge >= 0.3 is 5.97 Å². The molecule has 5 heteroatoms. The van der Waals surface area contributed by atoms with E-state index in [9.17, 15) is 9.59 Å². The number of carbonyl (C=O) groups is 2. The summed E-state index contributed by atoms with van der Waals surface area (Å²) in [4.78, 5) is 24.2. The number of allylic oxidation sites excluding steroid dienone is 1. The normalized spacial score (nSPS) is 24.4. The van der Waals surface area contributed by atoms with E-state index in [2.05, 4.69) is 26.8 Å². The number of aldehydes is 1. The molecule has 1 aliphatic carbocycles. The minimum atomic E-state index is -0.410. The van der Waals surface area contributed by atoms with Crippen molar-refractivity contribution in [1.29, 1.82) is 0 Å². The molecule has 0 radical (unpaired) electrons. The molecule has 0 aliphatic heterocycles. The van der Waals surface area contributed by atoms with Gasteiger partial charge in [-0.25, -0.2) is 4.79 Å². The Hall–Kier alpha value is -2.40. The Morgan fingerprint density at radius 3 is 2.45 bits per heavy atom. The molecule has 31 heavy (non-hydrogen) atoms. The molecule has 0 aromatic heterocycles. The van der Waals surface area contributed by atoms with Crippen LogP contribution in [0.2, 0.25) is 0 Å². The molecular formula is C26H36O5. The summed E-state index contributed by atoms with van der Waals surface area (Å²) >= 11 is 0. The third-order valence-corrected chi connectivity index (χ3v) is 5.94. The molecule has 170 valence electrons. The van der Waals surface area contributed by atoms with Gasteiger partial charge in [0.1, 0.15) is 24.2 Å². The van der Waals surface area contributed by atoms with Gasteiger partial charge in [0.15, 0.2) is 0 Å². The SMILES string of the molecule is COc1ccc(C=CC(=O)O[C@@H]2CC[C@H](C=O)[C@@H](C(C)=CCCC(C)C)[C@@H]2OC)cc1. The summed E-state index contributed by atoms with van der Waals surface area (Å²) in [7, 11) is 3.24. The molecule has 1 aromatic rings. The first-order chi connectivity index (χ1) is 14.9. The van der Waals surface area contributed by atoms with E-state index in [1.807, 2.05) is 24.3 Å². The Balaban J connectivity index is 2.07. The smallest absolute Gasteiger partial charge is 0.331 e. The lowest BCUT2D eigenvalue weighted by Crippen LogP contribution is -2.46. The van der Waals surface area contributed by atoms with E-state index in [-0.39, 0.29) is 24.0 Å². The van der Waals surface area contributed by atoms with E-state index in [0.29, 0.717) is 18.8 Å². The zero-order valence-corrected chi connectivity index (χ0v) is 19.4. The maximum absolute atomic E-state index is 12.5. The molecule has 0 unspecified atom stereocenters. The van der Waals surface area contributed by atoms with Crippen molar-refractivity contribution >= 4 is 18.3 Å². The molecule has 1 aliphatic rings. The highest BCUT2D eigenvalue weighted by atomic mass is 16.6. The molecule has 2 rings (SSSR count). The van der Waals surface area contributed by atoms with Crippen LogP contribution >= 0.6 is 0 Å². The van der Waals surface area contributed by atoms with Gasteiger partial charge in [0.2, 0.25) is 0 Å². The van der Waals surface area contributed by atoms with Gasteiger partial charge in [-0.2, -0.15) is 0 Å². The minimum Gasteiger partial charge on any atom is -0.497 e.